The summed E-state index contributed by atoms with van der Waals surface area (Å²) >= 11 is 2.12. The molecule has 4 heteroatoms. The Balaban J connectivity index is 2.41. The average Bonchev–Trinajstić information content (AvgIpc) is 2.38. The minimum Gasteiger partial charge on any atom is -0.306 e. The summed E-state index contributed by atoms with van der Waals surface area (Å²) < 4.78 is 27.0. The van der Waals surface area contributed by atoms with Gasteiger partial charge in [0, 0.05) is 3.57 Å². The lowest BCUT2D eigenvalue weighted by Gasteiger charge is -2.20. The van der Waals surface area contributed by atoms with Gasteiger partial charge in [-0.05, 0) is 64.5 Å². The van der Waals surface area contributed by atoms with Crippen molar-refractivity contribution in [3.05, 3.63) is 68.8 Å². The summed E-state index contributed by atoms with van der Waals surface area (Å²) in [6.07, 6.45) is 0. The molecule has 0 saturated heterocycles. The Kier molecular flexibility index (Phi) is 4.87. The fraction of sp³-hybridized carbons (Fsp3) is 0.200. The molecule has 19 heavy (non-hydrogen) atoms. The van der Waals surface area contributed by atoms with Gasteiger partial charge in [-0.1, -0.05) is 25.1 Å². The first kappa shape index (κ1) is 14.4. The molecule has 0 aliphatic heterocycles. The van der Waals surface area contributed by atoms with Crippen LogP contribution in [0.2, 0.25) is 0 Å². The Labute approximate surface area is 125 Å². The van der Waals surface area contributed by atoms with Crippen molar-refractivity contribution in [3.63, 3.8) is 0 Å². The summed E-state index contributed by atoms with van der Waals surface area (Å²) in [6, 6.07) is 11.1. The Morgan fingerprint density at radius 2 is 1.68 bits per heavy atom. The molecule has 1 N–H and O–H groups in total. The van der Waals surface area contributed by atoms with E-state index in [1.807, 2.05) is 6.92 Å². The fourth-order valence-electron chi connectivity index (χ4n) is 2.00. The molecule has 1 nitrogen and oxygen atoms in total. The molecular weight excluding hydrogens is 359 g/mol. The van der Waals surface area contributed by atoms with Gasteiger partial charge in [-0.25, -0.2) is 8.78 Å². The lowest BCUT2D eigenvalue weighted by molar-refractivity contribution is 0.605. The first-order valence-corrected chi connectivity index (χ1v) is 7.13. The van der Waals surface area contributed by atoms with E-state index >= 15 is 0 Å². The van der Waals surface area contributed by atoms with Crippen molar-refractivity contribution in [2.75, 3.05) is 6.54 Å². The quantitative estimate of drug-likeness (QED) is 0.790. The van der Waals surface area contributed by atoms with E-state index in [1.54, 1.807) is 18.2 Å². The Bertz CT molecular complexity index is 555. The molecule has 0 radical (unpaired) electrons. The van der Waals surface area contributed by atoms with Gasteiger partial charge in [-0.3, -0.25) is 0 Å². The number of halogens is 3. The highest BCUT2D eigenvalue weighted by atomic mass is 127. The van der Waals surface area contributed by atoms with Gasteiger partial charge < -0.3 is 5.32 Å². The predicted octanol–water partition coefficient (Wildman–Crippen LogP) is 4.27. The molecule has 0 aliphatic carbocycles. The highest BCUT2D eigenvalue weighted by molar-refractivity contribution is 14.1. The number of rotatable bonds is 4. The van der Waals surface area contributed by atoms with Gasteiger partial charge in [-0.2, -0.15) is 0 Å². The van der Waals surface area contributed by atoms with Crippen LogP contribution >= 0.6 is 22.6 Å². The first-order valence-electron chi connectivity index (χ1n) is 6.05. The van der Waals surface area contributed by atoms with Crippen LogP contribution in [0, 0.1) is 15.2 Å². The Hall–Kier alpha value is -1.01. The van der Waals surface area contributed by atoms with Crippen molar-refractivity contribution in [3.8, 4) is 0 Å². The molecule has 1 atom stereocenters. The van der Waals surface area contributed by atoms with Gasteiger partial charge in [0.05, 0.1) is 6.04 Å². The van der Waals surface area contributed by atoms with Crippen LogP contribution in [0.4, 0.5) is 8.78 Å². The number of hydrogen-bond donors (Lipinski definition) is 1. The summed E-state index contributed by atoms with van der Waals surface area (Å²) in [7, 11) is 0. The van der Waals surface area contributed by atoms with E-state index in [9.17, 15) is 8.78 Å². The SMILES string of the molecule is CCNC(c1ccc(F)cc1)c1ccc(F)cc1I. The monoisotopic (exact) mass is 373 g/mol. The molecule has 2 rings (SSSR count). The van der Waals surface area contributed by atoms with Crippen molar-refractivity contribution < 1.29 is 8.78 Å². The molecule has 1 unspecified atom stereocenters. The maximum Gasteiger partial charge on any atom is 0.124 e. The third-order valence-corrected chi connectivity index (χ3v) is 3.82. The van der Waals surface area contributed by atoms with Crippen molar-refractivity contribution in [2.45, 2.75) is 13.0 Å². The van der Waals surface area contributed by atoms with E-state index < -0.39 is 0 Å². The molecule has 0 heterocycles. The van der Waals surface area contributed by atoms with Crippen molar-refractivity contribution in [1.82, 2.24) is 5.32 Å². The van der Waals surface area contributed by atoms with E-state index in [1.165, 1.54) is 24.3 Å². The maximum atomic E-state index is 13.2. The molecule has 2 aromatic rings. The molecular formula is C15H14F2IN. The van der Waals surface area contributed by atoms with Gasteiger partial charge in [-0.15, -0.1) is 0 Å². The molecule has 0 amide bonds. The van der Waals surface area contributed by atoms with Gasteiger partial charge in [0.2, 0.25) is 0 Å². The second-order valence-corrected chi connectivity index (χ2v) is 5.37. The van der Waals surface area contributed by atoms with Crippen LogP contribution in [0.1, 0.15) is 24.1 Å². The van der Waals surface area contributed by atoms with Gasteiger partial charge in [0.25, 0.3) is 0 Å². The third-order valence-electron chi connectivity index (χ3n) is 2.89. The van der Waals surface area contributed by atoms with Crippen LogP contribution in [0.15, 0.2) is 42.5 Å². The number of hydrogen-bond acceptors (Lipinski definition) is 1. The van der Waals surface area contributed by atoms with Gasteiger partial charge in [0.15, 0.2) is 0 Å². The van der Waals surface area contributed by atoms with E-state index in [0.29, 0.717) is 0 Å². The minimum absolute atomic E-state index is 0.0573. The van der Waals surface area contributed by atoms with Gasteiger partial charge >= 0.3 is 0 Å². The van der Waals surface area contributed by atoms with Crippen LogP contribution in [0.3, 0.4) is 0 Å². The highest BCUT2D eigenvalue weighted by Crippen LogP contribution is 2.27. The summed E-state index contributed by atoms with van der Waals surface area (Å²) in [5, 5.41) is 3.35. The van der Waals surface area contributed by atoms with Crippen molar-refractivity contribution in [1.29, 1.82) is 0 Å². The molecule has 0 bridgehead atoms. The molecule has 0 aliphatic rings. The minimum atomic E-state index is -0.257. The van der Waals surface area contributed by atoms with Crippen molar-refractivity contribution >= 4 is 22.6 Å². The molecule has 100 valence electrons. The molecule has 2 aromatic carbocycles. The Morgan fingerprint density at radius 3 is 2.26 bits per heavy atom. The number of benzene rings is 2. The third kappa shape index (κ3) is 3.51. The predicted molar refractivity (Wildman–Crippen MR) is 81.0 cm³/mol. The maximum absolute atomic E-state index is 13.2. The van der Waals surface area contributed by atoms with E-state index in [4.69, 9.17) is 0 Å². The van der Waals surface area contributed by atoms with E-state index in [0.717, 1.165) is 21.2 Å². The molecule has 0 saturated carbocycles. The highest BCUT2D eigenvalue weighted by Gasteiger charge is 2.16. The molecule has 0 spiro atoms. The average molecular weight is 373 g/mol. The second kappa shape index (κ2) is 6.43. The summed E-state index contributed by atoms with van der Waals surface area (Å²) in [6.45, 7) is 2.78. The summed E-state index contributed by atoms with van der Waals surface area (Å²) in [5.41, 5.74) is 1.96. The zero-order valence-electron chi connectivity index (χ0n) is 10.5. The lowest BCUT2D eigenvalue weighted by Crippen LogP contribution is -2.22. The topological polar surface area (TPSA) is 12.0 Å². The Morgan fingerprint density at radius 1 is 1.05 bits per heavy atom. The molecule has 0 fully saturated rings. The first-order chi connectivity index (χ1) is 9.11. The van der Waals surface area contributed by atoms with Crippen molar-refractivity contribution in [2.24, 2.45) is 0 Å². The zero-order chi connectivity index (χ0) is 13.8. The second-order valence-electron chi connectivity index (χ2n) is 4.21. The van der Waals surface area contributed by atoms with Gasteiger partial charge in [0.1, 0.15) is 11.6 Å². The van der Waals surface area contributed by atoms with Crippen LogP contribution in [0.25, 0.3) is 0 Å². The standard InChI is InChI=1S/C15H14F2IN/c1-2-19-15(10-3-5-11(16)6-4-10)13-8-7-12(17)9-14(13)18/h3-9,15,19H,2H2,1H3. The normalized spacial score (nSPS) is 12.4. The summed E-state index contributed by atoms with van der Waals surface area (Å²) in [4.78, 5) is 0. The molecule has 0 aromatic heterocycles. The van der Waals surface area contributed by atoms with Crippen LogP contribution in [-0.4, -0.2) is 6.54 Å². The van der Waals surface area contributed by atoms with E-state index in [-0.39, 0.29) is 17.7 Å². The zero-order valence-corrected chi connectivity index (χ0v) is 12.6. The smallest absolute Gasteiger partial charge is 0.124 e. The fourth-order valence-corrected chi connectivity index (χ4v) is 2.79. The van der Waals surface area contributed by atoms with Crippen LogP contribution in [0.5, 0.6) is 0 Å². The van der Waals surface area contributed by atoms with Crippen LogP contribution < -0.4 is 5.32 Å². The number of nitrogens with one attached hydrogen (secondary N) is 1. The van der Waals surface area contributed by atoms with Crippen LogP contribution in [-0.2, 0) is 0 Å². The largest absolute Gasteiger partial charge is 0.306 e. The summed E-state index contributed by atoms with van der Waals surface area (Å²) in [5.74, 6) is -0.504. The lowest BCUT2D eigenvalue weighted by atomic mass is 9.98. The van der Waals surface area contributed by atoms with E-state index in [2.05, 4.69) is 27.9 Å².